The number of methoxy groups -OCH3 is 1. The highest BCUT2D eigenvalue weighted by Crippen LogP contribution is 1.98. The lowest BCUT2D eigenvalue weighted by Crippen LogP contribution is -2.27. The first-order valence-corrected chi connectivity index (χ1v) is 6.72. The molecule has 1 N–H and O–H groups in total. The molecule has 0 aromatic carbocycles. The molecule has 0 aromatic rings. The lowest BCUT2D eigenvalue weighted by atomic mass is 10.2. The quantitative estimate of drug-likeness (QED) is 0.622. The first-order valence-electron chi connectivity index (χ1n) is 5.09. The number of ether oxygens (including phenoxy) is 1. The van der Waals surface area contributed by atoms with Crippen LogP contribution in [0, 0.1) is 5.92 Å². The second-order valence-electron chi connectivity index (χ2n) is 3.86. The molecule has 3 atom stereocenters. The molecule has 14 heavy (non-hydrogen) atoms. The van der Waals surface area contributed by atoms with Gasteiger partial charge in [-0.2, -0.15) is 0 Å². The summed E-state index contributed by atoms with van der Waals surface area (Å²) < 4.78 is 16.1. The van der Waals surface area contributed by atoms with Crippen LogP contribution in [-0.4, -0.2) is 42.5 Å². The van der Waals surface area contributed by atoms with Gasteiger partial charge in [0, 0.05) is 36.0 Å². The molecular formula is C10H23NO2S. The Bertz CT molecular complexity index is 164. The topological polar surface area (TPSA) is 38.3 Å². The van der Waals surface area contributed by atoms with Crippen LogP contribution in [0.3, 0.4) is 0 Å². The summed E-state index contributed by atoms with van der Waals surface area (Å²) in [6.45, 7) is 6.88. The van der Waals surface area contributed by atoms with Gasteiger partial charge < -0.3 is 10.1 Å². The predicted octanol–water partition coefficient (Wildman–Crippen LogP) is 1.02. The zero-order valence-electron chi connectivity index (χ0n) is 9.71. The van der Waals surface area contributed by atoms with Crippen molar-refractivity contribution < 1.29 is 8.95 Å². The third-order valence-electron chi connectivity index (χ3n) is 2.24. The summed E-state index contributed by atoms with van der Waals surface area (Å²) >= 11 is 0. The fourth-order valence-electron chi connectivity index (χ4n) is 1.16. The van der Waals surface area contributed by atoms with E-state index in [2.05, 4.69) is 12.2 Å². The number of nitrogens with one attached hydrogen (secondary N) is 1. The first-order chi connectivity index (χ1) is 6.57. The van der Waals surface area contributed by atoms with Crippen LogP contribution in [0.2, 0.25) is 0 Å². The van der Waals surface area contributed by atoms with E-state index in [1.165, 1.54) is 0 Å². The minimum atomic E-state index is -0.693. The van der Waals surface area contributed by atoms with Crippen LogP contribution in [0.25, 0.3) is 0 Å². The van der Waals surface area contributed by atoms with Gasteiger partial charge in [0.2, 0.25) is 0 Å². The third-order valence-corrected chi connectivity index (χ3v) is 3.61. The Morgan fingerprint density at radius 3 is 2.57 bits per heavy atom. The average molecular weight is 221 g/mol. The monoisotopic (exact) mass is 221 g/mol. The van der Waals surface area contributed by atoms with Gasteiger partial charge in [-0.1, -0.05) is 13.8 Å². The minimum Gasteiger partial charge on any atom is -0.384 e. The summed E-state index contributed by atoms with van der Waals surface area (Å²) in [7, 11) is 1.03. The molecule has 0 saturated heterocycles. The van der Waals surface area contributed by atoms with Crippen molar-refractivity contribution in [1.29, 1.82) is 0 Å². The Kier molecular flexibility index (Phi) is 8.43. The van der Waals surface area contributed by atoms with Crippen LogP contribution in [0.5, 0.6) is 0 Å². The van der Waals surface area contributed by atoms with Gasteiger partial charge in [-0.05, 0) is 25.4 Å². The third kappa shape index (κ3) is 7.47. The molecule has 4 heteroatoms. The smallest absolute Gasteiger partial charge is 0.0499 e. The summed E-state index contributed by atoms with van der Waals surface area (Å²) in [5.74, 6) is 0.544. The standard InChI is InChI=1S/C10H23NO2S/c1-9(8-13-3)7-11-6-5-10(2)14(4)12/h9-11H,5-8H2,1-4H3. The molecule has 0 aliphatic heterocycles. The second-order valence-corrected chi connectivity index (χ2v) is 5.66. The second kappa shape index (κ2) is 8.38. The van der Waals surface area contributed by atoms with E-state index < -0.39 is 10.8 Å². The summed E-state index contributed by atoms with van der Waals surface area (Å²) in [6, 6.07) is 0. The van der Waals surface area contributed by atoms with E-state index in [1.807, 2.05) is 6.92 Å². The van der Waals surface area contributed by atoms with Crippen molar-refractivity contribution >= 4 is 10.8 Å². The molecule has 0 heterocycles. The molecule has 0 fully saturated rings. The van der Waals surface area contributed by atoms with E-state index in [9.17, 15) is 4.21 Å². The van der Waals surface area contributed by atoms with Crippen molar-refractivity contribution in [2.24, 2.45) is 5.92 Å². The average Bonchev–Trinajstić information content (AvgIpc) is 2.12. The largest absolute Gasteiger partial charge is 0.384 e. The van der Waals surface area contributed by atoms with Gasteiger partial charge in [0.1, 0.15) is 0 Å². The normalized spacial score (nSPS) is 17.7. The molecule has 0 rings (SSSR count). The Morgan fingerprint density at radius 1 is 1.43 bits per heavy atom. The van der Waals surface area contributed by atoms with Crippen molar-refractivity contribution in [1.82, 2.24) is 5.32 Å². The highest BCUT2D eigenvalue weighted by molar-refractivity contribution is 7.84. The van der Waals surface area contributed by atoms with Crippen molar-refractivity contribution in [2.75, 3.05) is 33.1 Å². The zero-order chi connectivity index (χ0) is 11.0. The summed E-state index contributed by atoms with van der Waals surface area (Å²) in [6.07, 6.45) is 2.74. The molecule has 0 aliphatic carbocycles. The maximum atomic E-state index is 11.0. The Labute approximate surface area is 90.1 Å². The first kappa shape index (κ1) is 14.1. The van der Waals surface area contributed by atoms with Crippen molar-refractivity contribution in [3.8, 4) is 0 Å². The fraction of sp³-hybridized carbons (Fsp3) is 1.00. The van der Waals surface area contributed by atoms with Gasteiger partial charge in [-0.25, -0.2) is 0 Å². The molecule has 3 unspecified atom stereocenters. The van der Waals surface area contributed by atoms with Gasteiger partial charge in [0.15, 0.2) is 0 Å². The Hall–Kier alpha value is 0.0700. The van der Waals surface area contributed by atoms with Crippen LogP contribution < -0.4 is 5.32 Å². The predicted molar refractivity (Wildman–Crippen MR) is 62.1 cm³/mol. The molecule has 0 aliphatic rings. The summed E-state index contributed by atoms with van der Waals surface area (Å²) in [4.78, 5) is 0. The Morgan fingerprint density at radius 2 is 2.07 bits per heavy atom. The van der Waals surface area contributed by atoms with Crippen LogP contribution in [0.1, 0.15) is 20.3 Å². The SMILES string of the molecule is COCC(C)CNCCC(C)S(C)=O. The van der Waals surface area contributed by atoms with E-state index in [4.69, 9.17) is 4.74 Å². The minimum absolute atomic E-state index is 0.292. The van der Waals surface area contributed by atoms with Crippen LogP contribution in [-0.2, 0) is 15.5 Å². The maximum absolute atomic E-state index is 11.0. The lowest BCUT2D eigenvalue weighted by molar-refractivity contribution is 0.158. The van der Waals surface area contributed by atoms with Gasteiger partial charge in [-0.3, -0.25) is 4.21 Å². The molecule has 3 nitrogen and oxygen atoms in total. The Balaban J connectivity index is 3.33. The summed E-state index contributed by atoms with van der Waals surface area (Å²) in [5, 5.41) is 3.63. The number of hydrogen-bond acceptors (Lipinski definition) is 3. The van der Waals surface area contributed by atoms with Crippen molar-refractivity contribution in [3.63, 3.8) is 0 Å². The van der Waals surface area contributed by atoms with Gasteiger partial charge in [0.05, 0.1) is 0 Å². The van der Waals surface area contributed by atoms with E-state index in [-0.39, 0.29) is 0 Å². The van der Waals surface area contributed by atoms with Crippen molar-refractivity contribution in [3.05, 3.63) is 0 Å². The fourth-order valence-corrected chi connectivity index (χ4v) is 1.61. The van der Waals surface area contributed by atoms with E-state index in [0.717, 1.165) is 26.1 Å². The lowest BCUT2D eigenvalue weighted by Gasteiger charge is -2.12. The molecule has 0 spiro atoms. The van der Waals surface area contributed by atoms with Gasteiger partial charge >= 0.3 is 0 Å². The van der Waals surface area contributed by atoms with Crippen LogP contribution in [0.15, 0.2) is 0 Å². The number of hydrogen-bond donors (Lipinski definition) is 1. The molecule has 0 aromatic heterocycles. The van der Waals surface area contributed by atoms with E-state index in [1.54, 1.807) is 13.4 Å². The highest BCUT2D eigenvalue weighted by Gasteiger charge is 2.05. The zero-order valence-corrected chi connectivity index (χ0v) is 10.5. The molecule has 0 saturated carbocycles. The molecule has 0 amide bonds. The molecule has 0 bridgehead atoms. The van der Waals surface area contributed by atoms with Gasteiger partial charge in [-0.15, -0.1) is 0 Å². The van der Waals surface area contributed by atoms with Crippen LogP contribution in [0.4, 0.5) is 0 Å². The highest BCUT2D eigenvalue weighted by atomic mass is 32.2. The molecule has 86 valence electrons. The maximum Gasteiger partial charge on any atom is 0.0499 e. The van der Waals surface area contributed by atoms with Crippen LogP contribution >= 0.6 is 0 Å². The van der Waals surface area contributed by atoms with E-state index >= 15 is 0 Å². The van der Waals surface area contributed by atoms with Gasteiger partial charge in [0.25, 0.3) is 0 Å². The van der Waals surface area contributed by atoms with E-state index in [0.29, 0.717) is 11.2 Å². The molecular weight excluding hydrogens is 198 g/mol. The van der Waals surface area contributed by atoms with Crippen molar-refractivity contribution in [2.45, 2.75) is 25.5 Å². The number of rotatable bonds is 8. The summed E-state index contributed by atoms with van der Waals surface area (Å²) in [5.41, 5.74) is 0. The molecule has 0 radical (unpaired) electrons.